The minimum absolute atomic E-state index is 0.157. The van der Waals surface area contributed by atoms with Crippen LogP contribution in [0.2, 0.25) is 0 Å². The molecule has 4 nitrogen and oxygen atoms in total. The summed E-state index contributed by atoms with van der Waals surface area (Å²) in [7, 11) is 0. The van der Waals surface area contributed by atoms with E-state index in [0.29, 0.717) is 23.8 Å². The second kappa shape index (κ2) is 3.75. The maximum Gasteiger partial charge on any atom is 0.267 e. The second-order valence-electron chi connectivity index (χ2n) is 6.36. The molecule has 2 atom stereocenters. The summed E-state index contributed by atoms with van der Waals surface area (Å²) in [5.41, 5.74) is -0.120. The van der Waals surface area contributed by atoms with Gasteiger partial charge in [0.05, 0.1) is 11.6 Å². The monoisotopic (exact) mass is 299 g/mol. The van der Waals surface area contributed by atoms with Crippen molar-refractivity contribution in [2.75, 3.05) is 13.1 Å². The highest BCUT2D eigenvalue weighted by Crippen LogP contribution is 2.69. The summed E-state index contributed by atoms with van der Waals surface area (Å²) < 4.78 is 31.3. The van der Waals surface area contributed by atoms with E-state index in [9.17, 15) is 13.6 Å². The molecule has 2 unspecified atom stereocenters. The highest BCUT2D eigenvalue weighted by Gasteiger charge is 2.78. The molecule has 2 saturated carbocycles. The molecule has 3 fully saturated rings. The lowest BCUT2D eigenvalue weighted by atomic mass is 9.97. The van der Waals surface area contributed by atoms with Crippen molar-refractivity contribution in [1.82, 2.24) is 14.5 Å². The number of rotatable bonds is 2. The molecule has 0 N–H and O–H groups in total. The lowest BCUT2D eigenvalue weighted by molar-refractivity contribution is 0.0635. The van der Waals surface area contributed by atoms with E-state index in [1.807, 2.05) is 0 Å². The molecule has 0 spiro atoms. The maximum absolute atomic E-state index is 13.7. The van der Waals surface area contributed by atoms with Gasteiger partial charge < -0.3 is 4.90 Å². The predicted molar refractivity (Wildman–Crippen MR) is 68.9 cm³/mol. The van der Waals surface area contributed by atoms with Gasteiger partial charge in [-0.2, -0.15) is 0 Å². The molecule has 0 radical (unpaired) electrons. The van der Waals surface area contributed by atoms with Crippen LogP contribution in [0.3, 0.4) is 0 Å². The van der Waals surface area contributed by atoms with E-state index in [1.165, 1.54) is 0 Å². The van der Waals surface area contributed by atoms with Crippen molar-refractivity contribution in [1.29, 1.82) is 0 Å². The first-order chi connectivity index (χ1) is 9.45. The van der Waals surface area contributed by atoms with Crippen molar-refractivity contribution in [3.63, 3.8) is 0 Å². The number of hydrogen-bond acceptors (Lipinski definition) is 4. The van der Waals surface area contributed by atoms with E-state index in [0.717, 1.165) is 30.1 Å². The third-order valence-corrected chi connectivity index (χ3v) is 5.88. The van der Waals surface area contributed by atoms with Gasteiger partial charge >= 0.3 is 0 Å². The van der Waals surface area contributed by atoms with E-state index < -0.39 is 17.3 Å². The fraction of sp³-hybridized carbons (Fsp3) is 0.769. The van der Waals surface area contributed by atoms with Crippen LogP contribution >= 0.6 is 11.5 Å². The first-order valence-electron chi connectivity index (χ1n) is 6.94. The van der Waals surface area contributed by atoms with E-state index >= 15 is 0 Å². The van der Waals surface area contributed by atoms with Gasteiger partial charge in [0.15, 0.2) is 0 Å². The number of fused-ring (bicyclic) bond motifs is 1. The van der Waals surface area contributed by atoms with Gasteiger partial charge in [0.25, 0.3) is 11.8 Å². The zero-order valence-corrected chi connectivity index (χ0v) is 11.9. The third kappa shape index (κ3) is 1.52. The Morgan fingerprint density at radius 2 is 2.20 bits per heavy atom. The van der Waals surface area contributed by atoms with Gasteiger partial charge in [-0.15, -0.1) is 5.10 Å². The Bertz CT molecular complexity index is 586. The summed E-state index contributed by atoms with van der Waals surface area (Å²) in [6, 6.07) is 0. The van der Waals surface area contributed by atoms with Gasteiger partial charge in [0, 0.05) is 24.4 Å². The summed E-state index contributed by atoms with van der Waals surface area (Å²) in [6.45, 7) is 2.19. The molecular weight excluding hydrogens is 284 g/mol. The van der Waals surface area contributed by atoms with E-state index in [-0.39, 0.29) is 12.5 Å². The third-order valence-electron chi connectivity index (χ3n) is 5.15. The van der Waals surface area contributed by atoms with Crippen LogP contribution in [-0.4, -0.2) is 39.4 Å². The standard InChI is InChI=1S/C13H15F2N3OS/c1-12-4-5-18(6-8(12)13(12,14)15)11(19)10-9(7-2-3-7)16-17-20-10/h7-8H,2-6H2,1H3. The Morgan fingerprint density at radius 3 is 2.85 bits per heavy atom. The molecule has 0 bridgehead atoms. The van der Waals surface area contributed by atoms with Crippen molar-refractivity contribution < 1.29 is 13.6 Å². The molecule has 7 heteroatoms. The number of carbonyl (C=O) groups excluding carboxylic acids is 1. The maximum atomic E-state index is 13.7. The number of nitrogens with zero attached hydrogens (tertiary/aromatic N) is 3. The van der Waals surface area contributed by atoms with Crippen LogP contribution in [0, 0.1) is 11.3 Å². The molecule has 3 aliphatic rings. The van der Waals surface area contributed by atoms with Crippen molar-refractivity contribution in [2.24, 2.45) is 11.3 Å². The van der Waals surface area contributed by atoms with Crippen molar-refractivity contribution in [2.45, 2.75) is 38.0 Å². The highest BCUT2D eigenvalue weighted by atomic mass is 32.1. The highest BCUT2D eigenvalue weighted by molar-refractivity contribution is 7.08. The van der Waals surface area contributed by atoms with Gasteiger partial charge in [-0.1, -0.05) is 11.4 Å². The van der Waals surface area contributed by atoms with Crippen LogP contribution in [0.1, 0.15) is 47.5 Å². The van der Waals surface area contributed by atoms with Crippen LogP contribution in [-0.2, 0) is 0 Å². The number of alkyl halides is 2. The van der Waals surface area contributed by atoms with Crippen molar-refractivity contribution in [3.05, 3.63) is 10.6 Å². The van der Waals surface area contributed by atoms with Gasteiger partial charge in [0.1, 0.15) is 4.88 Å². The van der Waals surface area contributed by atoms with E-state index in [2.05, 4.69) is 9.59 Å². The molecule has 1 aliphatic heterocycles. The van der Waals surface area contributed by atoms with Gasteiger partial charge in [-0.05, 0) is 30.8 Å². The van der Waals surface area contributed by atoms with Crippen LogP contribution in [0.15, 0.2) is 0 Å². The van der Waals surface area contributed by atoms with Crippen molar-refractivity contribution in [3.8, 4) is 0 Å². The van der Waals surface area contributed by atoms with Crippen LogP contribution in [0.4, 0.5) is 8.78 Å². The number of halogens is 2. The van der Waals surface area contributed by atoms with Gasteiger partial charge in [-0.25, -0.2) is 8.78 Å². The SMILES string of the molecule is CC12CCN(C(=O)c3snnc3C3CC3)CC1C2(F)F. The second-order valence-corrected chi connectivity index (χ2v) is 7.11. The number of likely N-dealkylation sites (tertiary alicyclic amines) is 1. The molecular formula is C13H15F2N3OS. The topological polar surface area (TPSA) is 46.1 Å². The fourth-order valence-corrected chi connectivity index (χ4v) is 4.03. The molecule has 20 heavy (non-hydrogen) atoms. The van der Waals surface area contributed by atoms with Gasteiger partial charge in [-0.3, -0.25) is 4.79 Å². The summed E-state index contributed by atoms with van der Waals surface area (Å²) in [4.78, 5) is 14.6. The zero-order chi connectivity index (χ0) is 14.1. The van der Waals surface area contributed by atoms with Crippen LogP contribution < -0.4 is 0 Å². The minimum Gasteiger partial charge on any atom is -0.337 e. The van der Waals surface area contributed by atoms with E-state index in [1.54, 1.807) is 11.8 Å². The smallest absolute Gasteiger partial charge is 0.267 e. The molecule has 1 aromatic heterocycles. The number of amides is 1. The molecule has 4 rings (SSSR count). The lowest BCUT2D eigenvalue weighted by Crippen LogP contribution is -2.38. The zero-order valence-electron chi connectivity index (χ0n) is 11.1. The Morgan fingerprint density at radius 1 is 1.45 bits per heavy atom. The molecule has 1 amide bonds. The molecule has 2 heterocycles. The Hall–Kier alpha value is -1.11. The number of piperidine rings is 1. The fourth-order valence-electron chi connectivity index (χ4n) is 3.31. The Labute approximate surface area is 119 Å². The predicted octanol–water partition coefficient (Wildman–Crippen LogP) is 2.53. The Kier molecular flexibility index (Phi) is 2.37. The summed E-state index contributed by atoms with van der Waals surface area (Å²) in [5.74, 6) is -3.11. The Balaban J connectivity index is 1.54. The molecule has 108 valence electrons. The molecule has 1 saturated heterocycles. The molecule has 1 aromatic rings. The minimum atomic E-state index is -2.62. The first kappa shape index (κ1) is 12.6. The summed E-state index contributed by atoms with van der Waals surface area (Å²) >= 11 is 1.09. The molecule has 0 aromatic carbocycles. The van der Waals surface area contributed by atoms with E-state index in [4.69, 9.17) is 0 Å². The van der Waals surface area contributed by atoms with Gasteiger partial charge in [0.2, 0.25) is 0 Å². The van der Waals surface area contributed by atoms with Crippen molar-refractivity contribution >= 4 is 17.4 Å². The largest absolute Gasteiger partial charge is 0.337 e. The summed E-state index contributed by atoms with van der Waals surface area (Å²) in [6.07, 6.45) is 2.47. The first-order valence-corrected chi connectivity index (χ1v) is 7.72. The number of aromatic nitrogens is 2. The van der Waals surface area contributed by atoms with Crippen LogP contribution in [0.25, 0.3) is 0 Å². The summed E-state index contributed by atoms with van der Waals surface area (Å²) in [5, 5.41) is 4.04. The average molecular weight is 299 g/mol. The average Bonchev–Trinajstić information content (AvgIpc) is 3.26. The van der Waals surface area contributed by atoms with Crippen LogP contribution in [0.5, 0.6) is 0 Å². The lowest BCUT2D eigenvalue weighted by Gasteiger charge is -2.28. The number of carbonyl (C=O) groups is 1. The quantitative estimate of drug-likeness (QED) is 0.843. The molecule has 2 aliphatic carbocycles. The normalized spacial score (nSPS) is 34.8. The number of hydrogen-bond donors (Lipinski definition) is 0.